The first-order valence-electron chi connectivity index (χ1n) is 12.0. The Morgan fingerprint density at radius 3 is 2.03 bits per heavy atom. The van der Waals surface area contributed by atoms with Crippen LogP contribution >= 0.6 is 34.4 Å². The van der Waals surface area contributed by atoms with Crippen molar-refractivity contribution in [2.75, 3.05) is 16.8 Å². The summed E-state index contributed by atoms with van der Waals surface area (Å²) < 4.78 is 0. The number of ketones is 1. The normalized spacial score (nSPS) is 10.5. The van der Waals surface area contributed by atoms with Crippen molar-refractivity contribution in [1.82, 2.24) is 20.4 Å². The first-order chi connectivity index (χ1) is 19.0. The van der Waals surface area contributed by atoms with E-state index in [0.717, 1.165) is 45.5 Å². The van der Waals surface area contributed by atoms with Gasteiger partial charge in [-0.2, -0.15) is 22.3 Å². The van der Waals surface area contributed by atoms with Gasteiger partial charge in [-0.3, -0.25) is 9.59 Å². The quantitative estimate of drug-likeness (QED) is 0.233. The molecule has 1 N–H and O–H groups in total. The molecule has 0 aliphatic carbocycles. The molecule has 196 valence electrons. The van der Waals surface area contributed by atoms with E-state index in [9.17, 15) is 9.59 Å². The van der Waals surface area contributed by atoms with Crippen LogP contribution in [-0.4, -0.2) is 43.6 Å². The van der Waals surface area contributed by atoms with Crippen molar-refractivity contribution in [3.8, 4) is 12.1 Å². The molecule has 0 bridgehead atoms. The fraction of sp³-hybridized carbons (Fsp3) is 0.259. The number of amides is 1. The van der Waals surface area contributed by atoms with Crippen molar-refractivity contribution in [2.45, 2.75) is 32.1 Å². The third-order valence-corrected chi connectivity index (χ3v) is 8.24. The van der Waals surface area contributed by atoms with Crippen LogP contribution in [0.4, 0.5) is 5.13 Å². The van der Waals surface area contributed by atoms with Crippen molar-refractivity contribution < 1.29 is 9.59 Å². The van der Waals surface area contributed by atoms with Crippen LogP contribution in [0.1, 0.15) is 37.3 Å². The van der Waals surface area contributed by atoms with Gasteiger partial charge in [-0.15, -0.1) is 31.7 Å². The van der Waals surface area contributed by atoms with E-state index in [1.165, 1.54) is 22.7 Å². The molecule has 0 aliphatic heterocycles. The summed E-state index contributed by atoms with van der Waals surface area (Å²) in [7, 11) is 0. The number of Topliss-reactive ketones (excluding diaryl/α,β-unsaturated/α-hetero) is 1. The van der Waals surface area contributed by atoms with Gasteiger partial charge in [-0.1, -0.05) is 35.6 Å². The summed E-state index contributed by atoms with van der Waals surface area (Å²) in [5.74, 6) is 1.57. The molecule has 0 atom stereocenters. The molecule has 12 heteroatoms. The van der Waals surface area contributed by atoms with Gasteiger partial charge >= 0.3 is 0 Å². The molecule has 0 unspecified atom stereocenters. The second kappa shape index (κ2) is 14.3. The molecule has 2 aromatic heterocycles. The molecule has 1 amide bonds. The highest BCUT2D eigenvalue weighted by Crippen LogP contribution is 2.19. The Kier molecular flexibility index (Phi) is 10.3. The van der Waals surface area contributed by atoms with Gasteiger partial charge in [0.05, 0.1) is 36.1 Å². The lowest BCUT2D eigenvalue weighted by molar-refractivity contribution is -0.118. The van der Waals surface area contributed by atoms with E-state index in [4.69, 9.17) is 10.5 Å². The molecule has 39 heavy (non-hydrogen) atoms. The number of nitriles is 2. The number of benzene rings is 2. The third-order valence-electron chi connectivity index (χ3n) is 5.37. The van der Waals surface area contributed by atoms with Gasteiger partial charge < -0.3 is 5.32 Å². The van der Waals surface area contributed by atoms with Crippen molar-refractivity contribution in [3.05, 3.63) is 85.8 Å². The van der Waals surface area contributed by atoms with Gasteiger partial charge in [0.2, 0.25) is 11.0 Å². The van der Waals surface area contributed by atoms with Gasteiger partial charge in [0.1, 0.15) is 20.8 Å². The van der Waals surface area contributed by atoms with Crippen LogP contribution in [0.3, 0.4) is 0 Å². The Morgan fingerprint density at radius 1 is 0.769 bits per heavy atom. The fourth-order valence-electron chi connectivity index (χ4n) is 3.60. The van der Waals surface area contributed by atoms with Crippen LogP contribution in [0.2, 0.25) is 0 Å². The van der Waals surface area contributed by atoms with Crippen LogP contribution in [0, 0.1) is 22.7 Å². The molecule has 2 heterocycles. The maximum absolute atomic E-state index is 12.4. The van der Waals surface area contributed by atoms with E-state index in [1.807, 2.05) is 12.1 Å². The Bertz CT molecular complexity index is 1420. The molecule has 0 aliphatic rings. The van der Waals surface area contributed by atoms with Gasteiger partial charge in [-0.25, -0.2) is 0 Å². The lowest BCUT2D eigenvalue weighted by Gasteiger charge is -2.01. The zero-order chi connectivity index (χ0) is 27.5. The molecular formula is C27H23N7O2S3. The van der Waals surface area contributed by atoms with Crippen LogP contribution < -0.4 is 5.32 Å². The topological polar surface area (TPSA) is 145 Å². The van der Waals surface area contributed by atoms with E-state index in [0.29, 0.717) is 21.3 Å². The molecule has 0 radical (unpaired) electrons. The minimum absolute atomic E-state index is 0.0444. The Labute approximate surface area is 237 Å². The lowest BCUT2D eigenvalue weighted by Crippen LogP contribution is -2.14. The summed E-state index contributed by atoms with van der Waals surface area (Å²) in [5, 5.41) is 40.3. The number of aryl methyl sites for hydroxylation is 2. The van der Waals surface area contributed by atoms with E-state index in [2.05, 4.69) is 37.8 Å². The highest BCUT2D eigenvalue weighted by Gasteiger charge is 2.12. The predicted octanol–water partition coefficient (Wildman–Crippen LogP) is 4.19. The first-order valence-corrected chi connectivity index (χ1v) is 14.8. The standard InChI is InChI=1S/C27H23N7O2S3/c28-16-20-5-1-3-18(11-20)13-22(35)15-26-33-31-24(38-26)7-9-37-10-8-25-32-34-27(39-25)30-23(36)14-19-4-2-6-21(12-19)17-29/h1-6,11-12H,7-10,13-15H2,(H,30,34,36). The van der Waals surface area contributed by atoms with Gasteiger partial charge in [0.25, 0.3) is 0 Å². The zero-order valence-corrected chi connectivity index (χ0v) is 23.2. The minimum atomic E-state index is -0.200. The third kappa shape index (κ3) is 9.07. The van der Waals surface area contributed by atoms with Gasteiger partial charge in [0.15, 0.2) is 0 Å². The summed E-state index contributed by atoms with van der Waals surface area (Å²) in [6, 6.07) is 18.2. The minimum Gasteiger partial charge on any atom is -0.300 e. The number of hydrogen-bond donors (Lipinski definition) is 1. The van der Waals surface area contributed by atoms with E-state index in [1.54, 1.807) is 48.2 Å². The van der Waals surface area contributed by atoms with Crippen LogP contribution in [0.15, 0.2) is 48.5 Å². The maximum atomic E-state index is 12.4. The number of aromatic nitrogens is 4. The molecule has 0 fully saturated rings. The molecule has 4 rings (SSSR count). The van der Waals surface area contributed by atoms with Gasteiger partial charge in [0, 0.05) is 19.3 Å². The Balaban J connectivity index is 1.13. The number of anilines is 1. The second-order valence-corrected chi connectivity index (χ2v) is 11.9. The summed E-state index contributed by atoms with van der Waals surface area (Å²) in [4.78, 5) is 24.7. The molecule has 0 saturated carbocycles. The molecule has 9 nitrogen and oxygen atoms in total. The fourth-order valence-corrected chi connectivity index (χ4v) is 6.36. The van der Waals surface area contributed by atoms with E-state index in [-0.39, 0.29) is 31.0 Å². The van der Waals surface area contributed by atoms with Crippen molar-refractivity contribution in [2.24, 2.45) is 0 Å². The predicted molar refractivity (Wildman–Crippen MR) is 152 cm³/mol. The van der Waals surface area contributed by atoms with E-state index >= 15 is 0 Å². The number of nitrogens with one attached hydrogen (secondary N) is 1. The SMILES string of the molecule is N#Cc1cccc(CC(=O)Cc2nnc(CCSCCc3nnc(NC(=O)Cc4cccc(C#N)c4)s3)s2)c1. The van der Waals surface area contributed by atoms with Crippen molar-refractivity contribution in [3.63, 3.8) is 0 Å². The Hall–Kier alpha value is -3.97. The summed E-state index contributed by atoms with van der Waals surface area (Å²) in [6.07, 6.45) is 2.19. The number of hydrogen-bond acceptors (Lipinski definition) is 11. The number of carbonyl (C=O) groups excluding carboxylic acids is 2. The highest BCUT2D eigenvalue weighted by atomic mass is 32.2. The van der Waals surface area contributed by atoms with Crippen molar-refractivity contribution in [1.29, 1.82) is 10.5 Å². The molecule has 0 saturated heterocycles. The largest absolute Gasteiger partial charge is 0.300 e. The van der Waals surface area contributed by atoms with E-state index < -0.39 is 0 Å². The Morgan fingerprint density at radius 2 is 1.36 bits per heavy atom. The number of carbonyl (C=O) groups is 2. The molecule has 2 aromatic carbocycles. The van der Waals surface area contributed by atoms with Crippen LogP contribution in [-0.2, 0) is 41.7 Å². The number of nitrogens with zero attached hydrogens (tertiary/aromatic N) is 6. The lowest BCUT2D eigenvalue weighted by atomic mass is 10.1. The molecule has 4 aromatic rings. The first kappa shape index (κ1) is 28.0. The average Bonchev–Trinajstić information content (AvgIpc) is 3.57. The van der Waals surface area contributed by atoms with Crippen LogP contribution in [0.5, 0.6) is 0 Å². The number of rotatable bonds is 13. The smallest absolute Gasteiger partial charge is 0.230 e. The molecule has 0 spiro atoms. The molecular weight excluding hydrogens is 551 g/mol. The van der Waals surface area contributed by atoms with Crippen molar-refractivity contribution >= 4 is 51.3 Å². The van der Waals surface area contributed by atoms with Crippen LogP contribution in [0.25, 0.3) is 0 Å². The van der Waals surface area contributed by atoms with Gasteiger partial charge in [-0.05, 0) is 46.9 Å². The second-order valence-electron chi connectivity index (χ2n) is 8.44. The summed E-state index contributed by atoms with van der Waals surface area (Å²) >= 11 is 4.59. The average molecular weight is 574 g/mol. The monoisotopic (exact) mass is 573 g/mol. The highest BCUT2D eigenvalue weighted by molar-refractivity contribution is 7.99. The zero-order valence-electron chi connectivity index (χ0n) is 20.8. The maximum Gasteiger partial charge on any atom is 0.230 e. The number of thioether (sulfide) groups is 1. The summed E-state index contributed by atoms with van der Waals surface area (Å²) in [5.41, 5.74) is 2.66. The summed E-state index contributed by atoms with van der Waals surface area (Å²) in [6.45, 7) is 0.